The maximum absolute atomic E-state index is 12.2. The highest BCUT2D eigenvalue weighted by Gasteiger charge is 2.16. The van der Waals surface area contributed by atoms with Gasteiger partial charge in [-0.05, 0) is 32.6 Å². The average Bonchev–Trinajstić information content (AvgIpc) is 2.52. The summed E-state index contributed by atoms with van der Waals surface area (Å²) >= 11 is 0. The summed E-state index contributed by atoms with van der Waals surface area (Å²) in [7, 11) is 0. The Labute approximate surface area is 151 Å². The third kappa shape index (κ3) is 6.73. The summed E-state index contributed by atoms with van der Waals surface area (Å²) in [6.07, 6.45) is 9.68. The molecule has 0 radical (unpaired) electrons. The minimum Gasteiger partial charge on any atom is -0.426 e. The van der Waals surface area contributed by atoms with Crippen molar-refractivity contribution >= 4 is 5.97 Å². The second-order valence-corrected chi connectivity index (χ2v) is 6.84. The summed E-state index contributed by atoms with van der Waals surface area (Å²) in [5.41, 5.74) is 3.27. The molecule has 1 N–H and O–H groups in total. The third-order valence-electron chi connectivity index (χ3n) is 3.95. The van der Waals surface area contributed by atoms with Gasteiger partial charge in [0.25, 0.3) is 5.56 Å². The zero-order valence-electron chi connectivity index (χ0n) is 16.4. The topological polar surface area (TPSA) is 59.2 Å². The highest BCUT2D eigenvalue weighted by atomic mass is 16.5. The smallest absolute Gasteiger partial charge is 0.308 e. The molecule has 0 saturated heterocycles. The highest BCUT2D eigenvalue weighted by Crippen LogP contribution is 2.26. The Morgan fingerprint density at radius 3 is 2.52 bits per heavy atom. The molecule has 0 aliphatic rings. The molecule has 0 saturated carbocycles. The van der Waals surface area contributed by atoms with Crippen molar-refractivity contribution in [3.63, 3.8) is 0 Å². The standard InChI is InChI=1S/C21H31NO3/c1-7-9-18-19(13-12-15(4)11-8-10-14(2)3)22-21(24)16(5)20(18)25-17(6)23/h8,10,12,14H,7,9,11,13H2,1-6H3,(H,22,24)/b10-8+,15-12+. The number of nitrogens with one attached hydrogen (secondary N) is 1. The van der Waals surface area contributed by atoms with Crippen LogP contribution in [0.15, 0.2) is 28.6 Å². The van der Waals surface area contributed by atoms with Gasteiger partial charge in [-0.1, -0.05) is 51.0 Å². The molecule has 4 heteroatoms. The van der Waals surface area contributed by atoms with Crippen LogP contribution in [-0.2, 0) is 17.6 Å². The van der Waals surface area contributed by atoms with Gasteiger partial charge in [0, 0.05) is 24.6 Å². The van der Waals surface area contributed by atoms with Gasteiger partial charge in [0.05, 0.1) is 5.56 Å². The van der Waals surface area contributed by atoms with E-state index in [2.05, 4.69) is 50.9 Å². The number of H-pyrrole nitrogens is 1. The largest absolute Gasteiger partial charge is 0.426 e. The van der Waals surface area contributed by atoms with Crippen molar-refractivity contribution in [1.29, 1.82) is 0 Å². The molecular formula is C21H31NO3. The van der Waals surface area contributed by atoms with Crippen molar-refractivity contribution < 1.29 is 9.53 Å². The number of aromatic amines is 1. The van der Waals surface area contributed by atoms with Crippen LogP contribution >= 0.6 is 0 Å². The first-order chi connectivity index (χ1) is 11.8. The zero-order chi connectivity index (χ0) is 19.0. The van der Waals surface area contributed by atoms with Crippen LogP contribution in [0.3, 0.4) is 0 Å². The fourth-order valence-electron chi connectivity index (χ4n) is 2.63. The van der Waals surface area contributed by atoms with E-state index >= 15 is 0 Å². The summed E-state index contributed by atoms with van der Waals surface area (Å²) in [5.74, 6) is 0.574. The Morgan fingerprint density at radius 2 is 1.96 bits per heavy atom. The maximum Gasteiger partial charge on any atom is 0.308 e. The van der Waals surface area contributed by atoms with Gasteiger partial charge in [0.15, 0.2) is 0 Å². The van der Waals surface area contributed by atoms with Crippen LogP contribution in [0.25, 0.3) is 0 Å². The molecule has 0 spiro atoms. The van der Waals surface area contributed by atoms with Gasteiger partial charge in [0.2, 0.25) is 0 Å². The molecule has 1 heterocycles. The minimum atomic E-state index is -0.400. The minimum absolute atomic E-state index is 0.197. The number of esters is 1. The number of carbonyl (C=O) groups excluding carboxylic acids is 1. The number of rotatable bonds is 8. The molecule has 0 aliphatic heterocycles. The van der Waals surface area contributed by atoms with Gasteiger partial charge in [-0.25, -0.2) is 0 Å². The lowest BCUT2D eigenvalue weighted by Crippen LogP contribution is -2.19. The molecule has 0 unspecified atom stereocenters. The summed E-state index contributed by atoms with van der Waals surface area (Å²) in [5, 5.41) is 0. The van der Waals surface area contributed by atoms with Gasteiger partial charge >= 0.3 is 5.97 Å². The second-order valence-electron chi connectivity index (χ2n) is 6.84. The van der Waals surface area contributed by atoms with Gasteiger partial charge < -0.3 is 9.72 Å². The van der Waals surface area contributed by atoms with Crippen molar-refractivity contribution in [2.45, 2.75) is 67.2 Å². The predicted octanol–water partition coefficient (Wildman–Crippen LogP) is 4.65. The molecule has 1 aromatic heterocycles. The second kappa shape index (κ2) is 10.0. The average molecular weight is 345 g/mol. The van der Waals surface area contributed by atoms with Crippen molar-refractivity contribution in [2.24, 2.45) is 5.92 Å². The van der Waals surface area contributed by atoms with E-state index in [1.54, 1.807) is 6.92 Å². The Morgan fingerprint density at radius 1 is 1.28 bits per heavy atom. The normalized spacial score (nSPS) is 12.2. The fourth-order valence-corrected chi connectivity index (χ4v) is 2.63. The van der Waals surface area contributed by atoms with Gasteiger partial charge in [-0.3, -0.25) is 9.59 Å². The van der Waals surface area contributed by atoms with Gasteiger partial charge in [-0.15, -0.1) is 0 Å². The van der Waals surface area contributed by atoms with E-state index in [1.807, 2.05) is 0 Å². The summed E-state index contributed by atoms with van der Waals surface area (Å²) < 4.78 is 5.36. The molecule has 0 amide bonds. The molecule has 0 fully saturated rings. The summed E-state index contributed by atoms with van der Waals surface area (Å²) in [6.45, 7) is 11.5. The first kappa shape index (κ1) is 20.9. The Bertz CT molecular complexity index is 709. The molecule has 4 nitrogen and oxygen atoms in total. The Kier molecular flexibility index (Phi) is 8.39. The first-order valence-corrected chi connectivity index (χ1v) is 9.01. The third-order valence-corrected chi connectivity index (χ3v) is 3.95. The number of ether oxygens (including phenoxy) is 1. The van der Waals surface area contributed by atoms with Gasteiger partial charge in [0.1, 0.15) is 5.75 Å². The lowest BCUT2D eigenvalue weighted by molar-refractivity contribution is -0.132. The number of hydrogen-bond donors (Lipinski definition) is 1. The van der Waals surface area contributed by atoms with Crippen LogP contribution in [0.4, 0.5) is 0 Å². The Hall–Kier alpha value is -2.10. The number of aromatic nitrogens is 1. The highest BCUT2D eigenvalue weighted by molar-refractivity contribution is 5.70. The van der Waals surface area contributed by atoms with Crippen molar-refractivity contribution in [1.82, 2.24) is 4.98 Å². The Balaban J connectivity index is 3.15. The molecule has 0 aromatic carbocycles. The maximum atomic E-state index is 12.2. The molecule has 1 rings (SSSR count). The van der Waals surface area contributed by atoms with E-state index < -0.39 is 5.97 Å². The molecule has 25 heavy (non-hydrogen) atoms. The zero-order valence-corrected chi connectivity index (χ0v) is 16.4. The monoisotopic (exact) mass is 345 g/mol. The van der Waals surface area contributed by atoms with E-state index in [0.717, 1.165) is 30.5 Å². The molecular weight excluding hydrogens is 314 g/mol. The quantitative estimate of drug-likeness (QED) is 0.551. The number of hydrogen-bond acceptors (Lipinski definition) is 3. The van der Waals surface area contributed by atoms with Crippen LogP contribution in [-0.4, -0.2) is 11.0 Å². The van der Waals surface area contributed by atoms with Gasteiger partial charge in [-0.2, -0.15) is 0 Å². The van der Waals surface area contributed by atoms with E-state index in [1.165, 1.54) is 12.5 Å². The summed E-state index contributed by atoms with van der Waals surface area (Å²) in [4.78, 5) is 26.6. The predicted molar refractivity (Wildman–Crippen MR) is 103 cm³/mol. The molecule has 0 bridgehead atoms. The molecule has 138 valence electrons. The lowest BCUT2D eigenvalue weighted by Gasteiger charge is -2.15. The van der Waals surface area contributed by atoms with E-state index in [0.29, 0.717) is 23.7 Å². The van der Waals surface area contributed by atoms with Crippen molar-refractivity contribution in [2.75, 3.05) is 0 Å². The van der Waals surface area contributed by atoms with Crippen molar-refractivity contribution in [3.05, 3.63) is 51.0 Å². The fraction of sp³-hybridized carbons (Fsp3) is 0.524. The number of pyridine rings is 1. The van der Waals surface area contributed by atoms with Crippen molar-refractivity contribution in [3.8, 4) is 5.75 Å². The van der Waals surface area contributed by atoms with Crippen LogP contribution in [0.2, 0.25) is 0 Å². The number of carbonyl (C=O) groups is 1. The van der Waals surface area contributed by atoms with E-state index in [-0.39, 0.29) is 5.56 Å². The molecule has 0 aliphatic carbocycles. The van der Waals surface area contributed by atoms with Crippen LogP contribution < -0.4 is 10.3 Å². The SMILES string of the molecule is CCCc1c(C/C=C(\C)C/C=C/C(C)C)[nH]c(=O)c(C)c1OC(C)=O. The van der Waals surface area contributed by atoms with Crippen LogP contribution in [0.5, 0.6) is 5.75 Å². The number of allylic oxidation sites excluding steroid dienone is 4. The molecule has 1 aromatic rings. The summed E-state index contributed by atoms with van der Waals surface area (Å²) in [6, 6.07) is 0. The van der Waals surface area contributed by atoms with Crippen LogP contribution in [0, 0.1) is 12.8 Å². The lowest BCUT2D eigenvalue weighted by atomic mass is 10.0. The molecule has 0 atom stereocenters. The van der Waals surface area contributed by atoms with Crippen LogP contribution in [0.1, 0.15) is 64.3 Å². The first-order valence-electron chi connectivity index (χ1n) is 9.01. The van der Waals surface area contributed by atoms with E-state index in [4.69, 9.17) is 4.74 Å². The van der Waals surface area contributed by atoms with E-state index in [9.17, 15) is 9.59 Å².